The molecule has 0 spiro atoms. The number of allylic oxidation sites excluding steroid dienone is 3. The number of nitrogens with one attached hydrogen (secondary N) is 2. The predicted octanol–water partition coefficient (Wildman–Crippen LogP) is 5.27. The van der Waals surface area contributed by atoms with Gasteiger partial charge in [0.05, 0.1) is 13.2 Å². The van der Waals surface area contributed by atoms with Crippen molar-refractivity contribution >= 4 is 11.6 Å². The first kappa shape index (κ1) is 30.1. The molecule has 0 bridgehead atoms. The van der Waals surface area contributed by atoms with Gasteiger partial charge in [0.25, 0.3) is 5.91 Å². The van der Waals surface area contributed by atoms with Crippen molar-refractivity contribution in [2.75, 3.05) is 44.8 Å². The van der Waals surface area contributed by atoms with E-state index in [1.54, 1.807) is 0 Å². The zero-order valence-electron chi connectivity index (χ0n) is 25.8. The summed E-state index contributed by atoms with van der Waals surface area (Å²) in [4.78, 5) is 18.6. The molecule has 2 aromatic carbocycles. The molecule has 1 aliphatic carbocycles. The van der Waals surface area contributed by atoms with E-state index < -0.39 is 0 Å². The molecule has 4 N–H and O–H groups in total. The van der Waals surface area contributed by atoms with Crippen LogP contribution in [-0.4, -0.2) is 62.8 Å². The van der Waals surface area contributed by atoms with Crippen LogP contribution in [0.25, 0.3) is 11.1 Å². The Kier molecular flexibility index (Phi) is 9.51. The molecule has 1 saturated carbocycles. The summed E-state index contributed by atoms with van der Waals surface area (Å²) in [6.07, 6.45) is 6.29. The summed E-state index contributed by atoms with van der Waals surface area (Å²) in [5.74, 6) is -0.0713. The minimum absolute atomic E-state index is 0.0713. The lowest BCUT2D eigenvalue weighted by atomic mass is 9.89. The average molecular weight is 570 g/mol. The second-order valence-electron chi connectivity index (χ2n) is 12.2. The highest BCUT2D eigenvalue weighted by Gasteiger charge is 2.25. The first-order chi connectivity index (χ1) is 20.2. The summed E-state index contributed by atoms with van der Waals surface area (Å²) < 4.78 is 5.50. The van der Waals surface area contributed by atoms with E-state index in [1.165, 1.54) is 5.56 Å². The molecule has 0 aromatic heterocycles. The third-order valence-corrected chi connectivity index (χ3v) is 9.14. The van der Waals surface area contributed by atoms with E-state index in [0.29, 0.717) is 24.2 Å². The second-order valence-corrected chi connectivity index (χ2v) is 12.2. The van der Waals surface area contributed by atoms with Gasteiger partial charge in [0.15, 0.2) is 0 Å². The lowest BCUT2D eigenvalue weighted by Gasteiger charge is -2.36. The van der Waals surface area contributed by atoms with Crippen molar-refractivity contribution in [2.45, 2.75) is 65.1 Å². The summed E-state index contributed by atoms with van der Waals surface area (Å²) in [7, 11) is 2.17. The lowest BCUT2D eigenvalue weighted by molar-refractivity contribution is 0.0342. The number of ether oxygens (including phenoxy) is 1. The molecule has 2 fully saturated rings. The number of rotatable bonds is 8. The molecule has 7 heteroatoms. The van der Waals surface area contributed by atoms with Gasteiger partial charge in [0.1, 0.15) is 0 Å². The number of hydrogen-bond donors (Lipinski definition) is 3. The van der Waals surface area contributed by atoms with Crippen molar-refractivity contribution in [2.24, 2.45) is 5.73 Å². The highest BCUT2D eigenvalue weighted by Crippen LogP contribution is 2.34. The Bertz CT molecular complexity index is 1360. The van der Waals surface area contributed by atoms with E-state index in [9.17, 15) is 4.79 Å². The molecular formula is C35H47N5O2. The maximum Gasteiger partial charge on any atom is 0.251 e. The van der Waals surface area contributed by atoms with Crippen LogP contribution in [0.1, 0.15) is 61.0 Å². The number of carbonyl (C=O) groups excluding carboxylic acids is 1. The van der Waals surface area contributed by atoms with E-state index in [-0.39, 0.29) is 5.91 Å². The third kappa shape index (κ3) is 6.97. The Labute approximate surface area is 251 Å². The van der Waals surface area contributed by atoms with Crippen LogP contribution >= 0.6 is 0 Å². The number of benzene rings is 2. The second kappa shape index (κ2) is 13.3. The van der Waals surface area contributed by atoms with Crippen molar-refractivity contribution in [3.63, 3.8) is 0 Å². The molecule has 2 aliphatic heterocycles. The molecule has 224 valence electrons. The average Bonchev–Trinajstić information content (AvgIpc) is 2.97. The molecule has 2 aromatic rings. The molecule has 42 heavy (non-hydrogen) atoms. The summed E-state index contributed by atoms with van der Waals surface area (Å²) >= 11 is 0. The standard InChI is InChI=1S/C35H47N5O2/c1-23-18-24(2)38-26(4)33(23)21-37-35(41)32-19-29(20-34(25(32)3)39(5)31-12-10-30(36)11-13-31)28-8-6-27(7-9-28)22-40-14-16-42-17-15-40/h6-9,18-20,30-31,38H,4,10-17,21-22,36H2,1-3,5H3,(H,37,41). The van der Waals surface area contributed by atoms with Gasteiger partial charge in [-0.05, 0) is 98.1 Å². The first-order valence-corrected chi connectivity index (χ1v) is 15.3. The SMILES string of the molecule is C=C1NC(C)=CC(C)=C1CNC(=O)c1cc(-c2ccc(CN3CCOCC3)cc2)cc(N(C)C2CCC(N)CC2)c1C. The lowest BCUT2D eigenvalue weighted by Crippen LogP contribution is -2.39. The van der Waals surface area contributed by atoms with Gasteiger partial charge in [-0.25, -0.2) is 0 Å². The number of anilines is 1. The molecule has 0 unspecified atom stereocenters. The molecule has 3 aliphatic rings. The Morgan fingerprint density at radius 2 is 1.76 bits per heavy atom. The number of nitrogens with zero attached hydrogens (tertiary/aromatic N) is 2. The fraction of sp³-hybridized carbons (Fsp3) is 0.457. The number of nitrogens with two attached hydrogens (primary N) is 1. The topological polar surface area (TPSA) is 82.9 Å². The number of morpholine rings is 1. The van der Waals surface area contributed by atoms with Crippen molar-refractivity contribution in [1.29, 1.82) is 0 Å². The van der Waals surface area contributed by atoms with E-state index in [4.69, 9.17) is 10.5 Å². The maximum atomic E-state index is 13.8. The van der Waals surface area contributed by atoms with E-state index in [1.807, 2.05) is 6.92 Å². The largest absolute Gasteiger partial charge is 0.379 e. The quantitative estimate of drug-likeness (QED) is 0.402. The first-order valence-electron chi connectivity index (χ1n) is 15.3. The van der Waals surface area contributed by atoms with Gasteiger partial charge in [-0.1, -0.05) is 30.8 Å². The summed E-state index contributed by atoms with van der Waals surface area (Å²) in [5.41, 5.74) is 16.5. The maximum absolute atomic E-state index is 13.8. The molecule has 0 radical (unpaired) electrons. The molecule has 5 rings (SSSR count). The Hall–Kier alpha value is -3.39. The van der Waals surface area contributed by atoms with Crippen LogP contribution in [0.5, 0.6) is 0 Å². The predicted molar refractivity (Wildman–Crippen MR) is 172 cm³/mol. The fourth-order valence-electron chi connectivity index (χ4n) is 6.48. The molecule has 2 heterocycles. The van der Waals surface area contributed by atoms with Crippen LogP contribution < -0.4 is 21.3 Å². The van der Waals surface area contributed by atoms with Crippen LogP contribution in [0.15, 0.2) is 71.6 Å². The van der Waals surface area contributed by atoms with Gasteiger partial charge < -0.3 is 26.0 Å². The minimum atomic E-state index is -0.0713. The Morgan fingerprint density at radius 1 is 1.07 bits per heavy atom. The van der Waals surface area contributed by atoms with Crippen molar-refractivity contribution < 1.29 is 9.53 Å². The van der Waals surface area contributed by atoms with Crippen LogP contribution in [0.4, 0.5) is 5.69 Å². The minimum Gasteiger partial charge on any atom is -0.379 e. The van der Waals surface area contributed by atoms with Crippen molar-refractivity contribution in [1.82, 2.24) is 15.5 Å². The normalized spacial score (nSPS) is 21.5. The summed E-state index contributed by atoms with van der Waals surface area (Å²) in [6.45, 7) is 15.2. The van der Waals surface area contributed by atoms with Crippen molar-refractivity contribution in [3.8, 4) is 11.1 Å². The number of dihydropyridines is 1. The molecule has 1 amide bonds. The van der Waals surface area contributed by atoms with Crippen LogP contribution in [-0.2, 0) is 11.3 Å². The fourth-order valence-corrected chi connectivity index (χ4v) is 6.48. The Balaban J connectivity index is 1.43. The van der Waals surface area contributed by atoms with Gasteiger partial charge in [-0.15, -0.1) is 0 Å². The molecule has 0 atom stereocenters. The number of hydrogen-bond acceptors (Lipinski definition) is 6. The molecular weight excluding hydrogens is 522 g/mol. The smallest absolute Gasteiger partial charge is 0.251 e. The number of amides is 1. The zero-order chi connectivity index (χ0) is 29.8. The van der Waals surface area contributed by atoms with Crippen LogP contribution in [0.3, 0.4) is 0 Å². The van der Waals surface area contributed by atoms with Gasteiger partial charge >= 0.3 is 0 Å². The summed E-state index contributed by atoms with van der Waals surface area (Å²) in [6, 6.07) is 13.8. The van der Waals surface area contributed by atoms with Gasteiger partial charge in [0, 0.05) is 68.0 Å². The monoisotopic (exact) mass is 569 g/mol. The Morgan fingerprint density at radius 3 is 2.43 bits per heavy atom. The third-order valence-electron chi connectivity index (χ3n) is 9.14. The van der Waals surface area contributed by atoms with Crippen molar-refractivity contribution in [3.05, 3.63) is 88.3 Å². The van der Waals surface area contributed by atoms with Gasteiger partial charge in [0.2, 0.25) is 0 Å². The summed E-state index contributed by atoms with van der Waals surface area (Å²) in [5, 5.41) is 6.48. The molecule has 7 nitrogen and oxygen atoms in total. The van der Waals surface area contributed by atoms with Gasteiger partial charge in [-0.2, -0.15) is 0 Å². The highest BCUT2D eigenvalue weighted by molar-refractivity contribution is 5.99. The molecule has 1 saturated heterocycles. The van der Waals surface area contributed by atoms with Crippen LogP contribution in [0.2, 0.25) is 0 Å². The van der Waals surface area contributed by atoms with E-state index in [0.717, 1.165) is 103 Å². The van der Waals surface area contributed by atoms with Crippen LogP contribution in [0, 0.1) is 6.92 Å². The van der Waals surface area contributed by atoms with Gasteiger partial charge in [-0.3, -0.25) is 9.69 Å². The zero-order valence-corrected chi connectivity index (χ0v) is 25.8. The van der Waals surface area contributed by atoms with E-state index in [2.05, 4.69) is 90.4 Å². The number of carbonyl (C=O) groups is 1. The highest BCUT2D eigenvalue weighted by atomic mass is 16.5. The van der Waals surface area contributed by atoms with E-state index >= 15 is 0 Å².